The topological polar surface area (TPSA) is 80.9 Å². The van der Waals surface area contributed by atoms with E-state index < -0.39 is 0 Å². The summed E-state index contributed by atoms with van der Waals surface area (Å²) in [5, 5.41) is 41.3. The number of rotatable bonds is 4. The van der Waals surface area contributed by atoms with Gasteiger partial charge in [0.2, 0.25) is 0 Å². The molecular formula is C20H28O4. The fourth-order valence-electron chi connectivity index (χ4n) is 12.2. The molecule has 132 valence electrons. The van der Waals surface area contributed by atoms with Gasteiger partial charge in [0.1, 0.15) is 0 Å². The molecule has 0 saturated heterocycles. The fraction of sp³-hybridized carbons (Fsp3) is 1.00. The summed E-state index contributed by atoms with van der Waals surface area (Å²) in [6.45, 7) is 0.942. The van der Waals surface area contributed by atoms with Crippen LogP contribution in [0.15, 0.2) is 0 Å². The third-order valence-corrected chi connectivity index (χ3v) is 12.2. The number of hydrogen-bond donors (Lipinski definition) is 4. The highest BCUT2D eigenvalue weighted by atomic mass is 16.3. The van der Waals surface area contributed by atoms with Crippen LogP contribution in [0.1, 0.15) is 51.4 Å². The normalized spacial score (nSPS) is 74.5. The molecule has 9 aliphatic carbocycles. The summed E-state index contributed by atoms with van der Waals surface area (Å²) in [6.07, 6.45) is 8.79. The van der Waals surface area contributed by atoms with E-state index >= 15 is 0 Å². The van der Waals surface area contributed by atoms with Gasteiger partial charge in [-0.2, -0.15) is 0 Å². The molecule has 0 aromatic carbocycles. The Hall–Kier alpha value is -0.160. The number of aliphatic hydroxyl groups excluding tert-OH is 4. The zero-order valence-corrected chi connectivity index (χ0v) is 14.3. The average molecular weight is 332 g/mol. The van der Waals surface area contributed by atoms with E-state index in [-0.39, 0.29) is 69.7 Å². The van der Waals surface area contributed by atoms with Gasteiger partial charge in [0.15, 0.2) is 0 Å². The largest absolute Gasteiger partial charge is 0.396 e. The zero-order chi connectivity index (χ0) is 16.5. The smallest absolute Gasteiger partial charge is 0.0494 e. The predicted molar refractivity (Wildman–Crippen MR) is 84.7 cm³/mol. The lowest BCUT2D eigenvalue weighted by Gasteiger charge is -2.75. The number of aliphatic hydroxyl groups is 4. The van der Waals surface area contributed by atoms with Crippen LogP contribution in [0.5, 0.6) is 0 Å². The van der Waals surface area contributed by atoms with E-state index in [0.29, 0.717) is 0 Å². The molecule has 0 atom stereocenters. The van der Waals surface area contributed by atoms with E-state index in [1.165, 1.54) is 0 Å². The van der Waals surface area contributed by atoms with Crippen molar-refractivity contribution in [2.24, 2.45) is 43.3 Å². The average Bonchev–Trinajstić information content (AvgIpc) is 3.37. The quantitative estimate of drug-likeness (QED) is 0.621. The van der Waals surface area contributed by atoms with Gasteiger partial charge in [0.05, 0.1) is 0 Å². The van der Waals surface area contributed by atoms with Crippen LogP contribution in [-0.2, 0) is 0 Å². The van der Waals surface area contributed by atoms with Gasteiger partial charge in [-0.15, -0.1) is 0 Å². The van der Waals surface area contributed by atoms with Gasteiger partial charge in [0.25, 0.3) is 0 Å². The molecule has 4 spiro atoms. The van der Waals surface area contributed by atoms with Crippen molar-refractivity contribution in [1.29, 1.82) is 0 Å². The van der Waals surface area contributed by atoms with Crippen molar-refractivity contribution in [2.45, 2.75) is 51.4 Å². The Morgan fingerprint density at radius 2 is 0.542 bits per heavy atom. The van der Waals surface area contributed by atoms with Crippen LogP contribution in [0.25, 0.3) is 0 Å². The third-order valence-electron chi connectivity index (χ3n) is 12.2. The van der Waals surface area contributed by atoms with E-state index in [1.807, 2.05) is 0 Å². The van der Waals surface area contributed by atoms with E-state index in [0.717, 1.165) is 51.4 Å². The Kier molecular flexibility index (Phi) is 1.77. The fourth-order valence-corrected chi connectivity index (χ4v) is 12.2. The Balaban J connectivity index is 1.49. The van der Waals surface area contributed by atoms with Crippen LogP contribution in [0.4, 0.5) is 0 Å². The molecule has 9 saturated carbocycles. The molecule has 0 radical (unpaired) electrons. The molecule has 4 N–H and O–H groups in total. The van der Waals surface area contributed by atoms with E-state index in [1.54, 1.807) is 0 Å². The summed E-state index contributed by atoms with van der Waals surface area (Å²) in [5.74, 6) is 0. The summed E-state index contributed by atoms with van der Waals surface area (Å²) in [6, 6.07) is 0. The second-order valence-corrected chi connectivity index (χ2v) is 11.5. The van der Waals surface area contributed by atoms with Gasteiger partial charge in [-0.05, 0) is 73.0 Å². The monoisotopic (exact) mass is 332 g/mol. The molecule has 0 aliphatic heterocycles. The van der Waals surface area contributed by atoms with Crippen LogP contribution in [0, 0.1) is 43.3 Å². The minimum atomic E-state index is -0.0441. The predicted octanol–water partition coefficient (Wildman–Crippen LogP) is 1.06. The van der Waals surface area contributed by atoms with Crippen LogP contribution in [0.2, 0.25) is 0 Å². The zero-order valence-electron chi connectivity index (χ0n) is 14.3. The lowest BCUT2D eigenvalue weighted by molar-refractivity contribution is -0.283. The standard InChI is InChI=1S/C20H28O4/c21-9-13-1-17-3-14(13,10-22)4-18(17,2-13)20-7-15(11-23)5-19(17,20)6-16(15,8-20)12-24/h21-24H,1-12H2. The molecule has 4 heteroatoms. The van der Waals surface area contributed by atoms with Crippen molar-refractivity contribution in [3.63, 3.8) is 0 Å². The van der Waals surface area contributed by atoms with Crippen molar-refractivity contribution in [3.8, 4) is 0 Å². The first-order valence-corrected chi connectivity index (χ1v) is 9.84. The van der Waals surface area contributed by atoms with Gasteiger partial charge in [-0.3, -0.25) is 0 Å². The van der Waals surface area contributed by atoms with Gasteiger partial charge < -0.3 is 20.4 Å². The second-order valence-electron chi connectivity index (χ2n) is 11.5. The van der Waals surface area contributed by atoms with Crippen LogP contribution < -0.4 is 0 Å². The maximum Gasteiger partial charge on any atom is 0.0494 e. The SMILES string of the molecule is OCC12CC34CC1(CO)CC3(C2)C12CC3(CO)CC41CC3(CO)C2. The maximum absolute atomic E-state index is 10.3. The molecule has 8 bridgehead atoms. The van der Waals surface area contributed by atoms with Gasteiger partial charge >= 0.3 is 0 Å². The molecule has 9 fully saturated rings. The highest BCUT2D eigenvalue weighted by molar-refractivity contribution is 5.53. The van der Waals surface area contributed by atoms with Crippen molar-refractivity contribution in [3.05, 3.63) is 0 Å². The molecule has 9 aliphatic rings. The van der Waals surface area contributed by atoms with Crippen LogP contribution in [0.3, 0.4) is 0 Å². The van der Waals surface area contributed by atoms with Crippen molar-refractivity contribution < 1.29 is 20.4 Å². The van der Waals surface area contributed by atoms with Crippen molar-refractivity contribution in [1.82, 2.24) is 0 Å². The maximum atomic E-state index is 10.3. The molecule has 0 amide bonds. The minimum Gasteiger partial charge on any atom is -0.396 e. The van der Waals surface area contributed by atoms with E-state index in [2.05, 4.69) is 0 Å². The van der Waals surface area contributed by atoms with Crippen LogP contribution in [-0.4, -0.2) is 46.9 Å². The number of hydrogen-bond acceptors (Lipinski definition) is 4. The van der Waals surface area contributed by atoms with Gasteiger partial charge in [-0.25, -0.2) is 0 Å². The molecule has 24 heavy (non-hydrogen) atoms. The summed E-state index contributed by atoms with van der Waals surface area (Å²) in [5.41, 5.74) is 0.973. The van der Waals surface area contributed by atoms with Crippen molar-refractivity contribution >= 4 is 0 Å². The Morgan fingerprint density at radius 3 is 0.667 bits per heavy atom. The van der Waals surface area contributed by atoms with Gasteiger partial charge in [0, 0.05) is 48.1 Å². The van der Waals surface area contributed by atoms with E-state index in [9.17, 15) is 20.4 Å². The summed E-state index contributed by atoms with van der Waals surface area (Å²) in [7, 11) is 0. The first-order valence-electron chi connectivity index (χ1n) is 9.84. The first-order chi connectivity index (χ1) is 11.4. The van der Waals surface area contributed by atoms with Crippen LogP contribution >= 0.6 is 0 Å². The highest BCUT2D eigenvalue weighted by Gasteiger charge is 3.06. The minimum absolute atomic E-state index is 0.0441. The lowest BCUT2D eigenvalue weighted by Crippen LogP contribution is -2.70. The third kappa shape index (κ3) is 0.732. The molecule has 0 heterocycles. The summed E-state index contributed by atoms with van der Waals surface area (Å²) >= 11 is 0. The lowest BCUT2D eigenvalue weighted by atomic mass is 9.28. The molecule has 9 rings (SSSR count). The highest BCUT2D eigenvalue weighted by Crippen LogP contribution is 3.11. The summed E-state index contributed by atoms with van der Waals surface area (Å²) in [4.78, 5) is 0. The first kappa shape index (κ1) is 14.0. The molecule has 4 nitrogen and oxygen atoms in total. The Morgan fingerprint density at radius 1 is 0.375 bits per heavy atom. The summed E-state index contributed by atoms with van der Waals surface area (Å²) < 4.78 is 0. The molecule has 0 aromatic heterocycles. The molecule has 0 unspecified atom stereocenters. The second kappa shape index (κ2) is 3.04. The molecular weight excluding hydrogens is 304 g/mol. The Labute approximate surface area is 142 Å². The molecule has 0 aromatic rings. The van der Waals surface area contributed by atoms with Gasteiger partial charge in [-0.1, -0.05) is 0 Å². The van der Waals surface area contributed by atoms with Crippen molar-refractivity contribution in [2.75, 3.05) is 26.4 Å². The van der Waals surface area contributed by atoms with E-state index in [4.69, 9.17) is 0 Å². The Bertz CT molecular complexity index is 548.